The van der Waals surface area contributed by atoms with Crippen molar-refractivity contribution in [3.05, 3.63) is 71.8 Å². The van der Waals surface area contributed by atoms with E-state index in [-0.39, 0.29) is 31.0 Å². The van der Waals surface area contributed by atoms with Crippen molar-refractivity contribution in [1.82, 2.24) is 0 Å². The van der Waals surface area contributed by atoms with Gasteiger partial charge in [0.15, 0.2) is 0 Å². The summed E-state index contributed by atoms with van der Waals surface area (Å²) in [6.45, 7) is 11.2. The lowest BCUT2D eigenvalue weighted by atomic mass is 9.73. The molecule has 8 heteroatoms. The first kappa shape index (κ1) is 32.1. The first-order valence-electron chi connectivity index (χ1n) is 16.2. The molecule has 2 aromatic rings. The largest absolute Gasteiger partial charge is 0.393 e. The molecule has 4 saturated heterocycles. The summed E-state index contributed by atoms with van der Waals surface area (Å²) < 4.78 is 40.4. The minimum Gasteiger partial charge on any atom is -0.393 e. The average Bonchev–Trinajstić information content (AvgIpc) is 3.09. The van der Waals surface area contributed by atoms with Gasteiger partial charge in [0.2, 0.25) is 0 Å². The zero-order valence-corrected chi connectivity index (χ0v) is 26.9. The van der Waals surface area contributed by atoms with Gasteiger partial charge in [0.1, 0.15) is 11.2 Å². The molecule has 0 bridgehead atoms. The Hall–Kier alpha value is -1.88. The molecule has 8 nitrogen and oxygen atoms in total. The first-order chi connectivity index (χ1) is 20.9. The van der Waals surface area contributed by atoms with Gasteiger partial charge in [-0.1, -0.05) is 60.7 Å². The Kier molecular flexibility index (Phi) is 8.78. The van der Waals surface area contributed by atoms with Crippen molar-refractivity contribution in [3.8, 4) is 0 Å². The lowest BCUT2D eigenvalue weighted by molar-refractivity contribution is -0.353. The van der Waals surface area contributed by atoms with Gasteiger partial charge < -0.3 is 38.6 Å². The van der Waals surface area contributed by atoms with Crippen LogP contribution in [0.4, 0.5) is 0 Å². The van der Waals surface area contributed by atoms with Crippen molar-refractivity contribution in [3.63, 3.8) is 0 Å². The zero-order chi connectivity index (χ0) is 31.2. The van der Waals surface area contributed by atoms with E-state index in [1.54, 1.807) is 6.92 Å². The summed E-state index contributed by atoms with van der Waals surface area (Å²) in [7, 11) is 0. The molecule has 0 aliphatic carbocycles. The van der Waals surface area contributed by atoms with Crippen LogP contribution in [-0.4, -0.2) is 82.0 Å². The summed E-state index contributed by atoms with van der Waals surface area (Å²) in [5.74, 6) is 0. The van der Waals surface area contributed by atoms with Crippen molar-refractivity contribution < 1.29 is 38.6 Å². The molecule has 4 heterocycles. The third-order valence-corrected chi connectivity index (χ3v) is 10.8. The number of aliphatic hydroxyl groups is 2. The maximum atomic E-state index is 10.9. The standard InChI is InChI=1S/C36H50O8/c1-32-16-17-33(2)29(18-27(38)35(4,23-37)43-33)41-31(32)20-34(3)30(42-32)19-28(40-22-26-14-10-7-11-15-26)36(5,44-34)24-39-21-25-12-8-6-9-13-25/h6-15,27-31,37-38H,16-24H2,1-5H3. The van der Waals surface area contributed by atoms with Crippen LogP contribution < -0.4 is 0 Å². The molecule has 10 atom stereocenters. The lowest BCUT2D eigenvalue weighted by Crippen LogP contribution is -2.70. The van der Waals surface area contributed by atoms with E-state index < -0.39 is 34.1 Å². The van der Waals surface area contributed by atoms with Gasteiger partial charge in [-0.05, 0) is 58.6 Å². The molecule has 10 unspecified atom stereocenters. The second-order valence-electron chi connectivity index (χ2n) is 14.6. The Bertz CT molecular complexity index is 1260. The van der Waals surface area contributed by atoms with Crippen molar-refractivity contribution in [1.29, 1.82) is 0 Å². The molecular formula is C36H50O8. The van der Waals surface area contributed by atoms with E-state index in [9.17, 15) is 10.2 Å². The van der Waals surface area contributed by atoms with Crippen LogP contribution >= 0.6 is 0 Å². The van der Waals surface area contributed by atoms with Crippen LogP contribution in [0.1, 0.15) is 77.8 Å². The molecule has 242 valence electrons. The summed E-state index contributed by atoms with van der Waals surface area (Å²) in [5.41, 5.74) is -1.41. The van der Waals surface area contributed by atoms with E-state index in [2.05, 4.69) is 45.0 Å². The van der Waals surface area contributed by atoms with Gasteiger partial charge in [0.05, 0.1) is 73.8 Å². The number of ether oxygens (including phenoxy) is 6. The van der Waals surface area contributed by atoms with Crippen molar-refractivity contribution >= 4 is 0 Å². The highest BCUT2D eigenvalue weighted by Gasteiger charge is 2.63. The number of fused-ring (bicyclic) bond motifs is 3. The Morgan fingerprint density at radius 1 is 0.727 bits per heavy atom. The van der Waals surface area contributed by atoms with Gasteiger partial charge in [-0.15, -0.1) is 0 Å². The van der Waals surface area contributed by atoms with E-state index in [1.807, 2.05) is 43.3 Å². The summed E-state index contributed by atoms with van der Waals surface area (Å²) in [6, 6.07) is 20.4. The average molecular weight is 611 g/mol. The molecule has 4 aliphatic rings. The maximum Gasteiger partial charge on any atom is 0.116 e. The first-order valence-corrected chi connectivity index (χ1v) is 16.2. The molecule has 6 rings (SSSR count). The molecule has 2 aromatic carbocycles. The number of hydrogen-bond acceptors (Lipinski definition) is 8. The number of benzene rings is 2. The smallest absolute Gasteiger partial charge is 0.116 e. The van der Waals surface area contributed by atoms with Crippen molar-refractivity contribution in [2.45, 2.75) is 138 Å². The summed E-state index contributed by atoms with van der Waals surface area (Å²) in [5, 5.41) is 21.0. The van der Waals surface area contributed by atoms with Gasteiger partial charge in [-0.2, -0.15) is 0 Å². The second kappa shape index (κ2) is 12.0. The van der Waals surface area contributed by atoms with Crippen LogP contribution in [0, 0.1) is 0 Å². The topological polar surface area (TPSA) is 95.8 Å². The van der Waals surface area contributed by atoms with Gasteiger partial charge >= 0.3 is 0 Å². The third-order valence-electron chi connectivity index (χ3n) is 10.8. The maximum absolute atomic E-state index is 10.9. The molecule has 0 saturated carbocycles. The van der Waals surface area contributed by atoms with Gasteiger partial charge in [0, 0.05) is 19.3 Å². The number of aliphatic hydroxyl groups excluding tert-OH is 2. The van der Waals surface area contributed by atoms with E-state index in [1.165, 1.54) is 0 Å². The zero-order valence-electron chi connectivity index (χ0n) is 26.9. The van der Waals surface area contributed by atoms with Crippen LogP contribution in [0.2, 0.25) is 0 Å². The predicted molar refractivity (Wildman–Crippen MR) is 165 cm³/mol. The summed E-state index contributed by atoms with van der Waals surface area (Å²) in [6.07, 6.45) is 1.20. The summed E-state index contributed by atoms with van der Waals surface area (Å²) >= 11 is 0. The SMILES string of the molecule is CC1(CO)OC2(C)CCC3(C)OC4CC(OCc5ccccc5)C(C)(COCc5ccccc5)OC4(C)CC3OC2CC1O. The normalized spacial score (nSPS) is 43.8. The second-order valence-corrected chi connectivity index (χ2v) is 14.6. The van der Waals surface area contributed by atoms with E-state index in [4.69, 9.17) is 28.4 Å². The minimum absolute atomic E-state index is 0.211. The molecule has 0 amide bonds. The number of hydrogen-bond donors (Lipinski definition) is 2. The van der Waals surface area contributed by atoms with E-state index >= 15 is 0 Å². The Labute approximate surface area is 261 Å². The van der Waals surface area contributed by atoms with Crippen LogP contribution in [-0.2, 0) is 41.6 Å². The summed E-state index contributed by atoms with van der Waals surface area (Å²) in [4.78, 5) is 0. The fourth-order valence-electron chi connectivity index (χ4n) is 7.79. The Morgan fingerprint density at radius 2 is 1.34 bits per heavy atom. The van der Waals surface area contributed by atoms with Crippen LogP contribution in [0.5, 0.6) is 0 Å². The fraction of sp³-hybridized carbons (Fsp3) is 0.667. The van der Waals surface area contributed by atoms with Gasteiger partial charge in [0.25, 0.3) is 0 Å². The third kappa shape index (κ3) is 6.13. The quantitative estimate of drug-likeness (QED) is 0.426. The molecule has 2 N–H and O–H groups in total. The fourth-order valence-corrected chi connectivity index (χ4v) is 7.79. The Balaban J connectivity index is 1.23. The predicted octanol–water partition coefficient (Wildman–Crippen LogP) is 5.11. The Morgan fingerprint density at radius 3 is 2.00 bits per heavy atom. The molecule has 4 fully saturated rings. The highest BCUT2D eigenvalue weighted by Crippen LogP contribution is 2.53. The van der Waals surface area contributed by atoms with Crippen molar-refractivity contribution in [2.75, 3.05) is 13.2 Å². The van der Waals surface area contributed by atoms with Gasteiger partial charge in [-0.3, -0.25) is 0 Å². The van der Waals surface area contributed by atoms with Crippen LogP contribution in [0.25, 0.3) is 0 Å². The highest BCUT2D eigenvalue weighted by atomic mass is 16.6. The monoisotopic (exact) mass is 610 g/mol. The van der Waals surface area contributed by atoms with Crippen LogP contribution in [0.3, 0.4) is 0 Å². The van der Waals surface area contributed by atoms with E-state index in [0.29, 0.717) is 45.5 Å². The number of rotatable bonds is 8. The molecule has 0 aromatic heterocycles. The molecule has 44 heavy (non-hydrogen) atoms. The molecule has 0 radical (unpaired) electrons. The molecular weight excluding hydrogens is 560 g/mol. The molecule has 0 spiro atoms. The van der Waals surface area contributed by atoms with E-state index in [0.717, 1.165) is 17.5 Å². The highest BCUT2D eigenvalue weighted by molar-refractivity contribution is 5.16. The van der Waals surface area contributed by atoms with Crippen molar-refractivity contribution in [2.24, 2.45) is 0 Å². The minimum atomic E-state index is -1.03. The van der Waals surface area contributed by atoms with Crippen LogP contribution in [0.15, 0.2) is 60.7 Å². The van der Waals surface area contributed by atoms with Gasteiger partial charge in [-0.25, -0.2) is 0 Å². The molecule has 4 aliphatic heterocycles. The lowest BCUT2D eigenvalue weighted by Gasteiger charge is -2.59.